The van der Waals surface area contributed by atoms with Crippen LogP contribution in [0.2, 0.25) is 0 Å². The number of rotatable bonds is 3. The highest BCUT2D eigenvalue weighted by molar-refractivity contribution is 5.03. The number of nitrogens with two attached hydrogens (primary N) is 1. The zero-order chi connectivity index (χ0) is 12.3. The van der Waals surface area contributed by atoms with Gasteiger partial charge in [-0.05, 0) is 26.9 Å². The highest BCUT2D eigenvalue weighted by Crippen LogP contribution is 2.32. The standard InChI is InChI=1S/C12H22N4O/c1-16(2)9-10-14-11(17-15-10)12(13)7-5-3-4-6-8-12/h3-9,13H2,1-2H3. The van der Waals surface area contributed by atoms with Crippen LogP contribution in [0.15, 0.2) is 4.52 Å². The molecule has 2 rings (SSSR count). The van der Waals surface area contributed by atoms with Crippen molar-refractivity contribution in [1.29, 1.82) is 0 Å². The van der Waals surface area contributed by atoms with Gasteiger partial charge in [-0.1, -0.05) is 30.8 Å². The summed E-state index contributed by atoms with van der Waals surface area (Å²) >= 11 is 0. The van der Waals surface area contributed by atoms with Crippen LogP contribution in [0.3, 0.4) is 0 Å². The Labute approximate surface area is 102 Å². The zero-order valence-corrected chi connectivity index (χ0v) is 10.8. The fraction of sp³-hybridized carbons (Fsp3) is 0.833. The van der Waals surface area contributed by atoms with Crippen molar-refractivity contribution in [3.63, 3.8) is 0 Å². The van der Waals surface area contributed by atoms with E-state index < -0.39 is 5.54 Å². The molecule has 0 bridgehead atoms. The van der Waals surface area contributed by atoms with Gasteiger partial charge in [-0.3, -0.25) is 0 Å². The Kier molecular flexibility index (Phi) is 3.79. The molecule has 1 saturated carbocycles. The van der Waals surface area contributed by atoms with Crippen LogP contribution in [0.5, 0.6) is 0 Å². The minimum atomic E-state index is -0.395. The zero-order valence-electron chi connectivity index (χ0n) is 10.8. The summed E-state index contributed by atoms with van der Waals surface area (Å²) in [5.74, 6) is 1.34. The average molecular weight is 238 g/mol. The van der Waals surface area contributed by atoms with Gasteiger partial charge in [0.2, 0.25) is 5.89 Å². The first-order chi connectivity index (χ1) is 8.10. The van der Waals surface area contributed by atoms with Gasteiger partial charge in [-0.25, -0.2) is 0 Å². The van der Waals surface area contributed by atoms with Gasteiger partial charge in [0.05, 0.1) is 12.1 Å². The van der Waals surface area contributed by atoms with Crippen LogP contribution in [-0.4, -0.2) is 29.1 Å². The number of nitrogens with zero attached hydrogens (tertiary/aromatic N) is 3. The van der Waals surface area contributed by atoms with E-state index in [1.165, 1.54) is 12.8 Å². The molecule has 0 atom stereocenters. The molecule has 0 aromatic carbocycles. The van der Waals surface area contributed by atoms with E-state index in [4.69, 9.17) is 10.3 Å². The SMILES string of the molecule is CN(C)Cc1noc(C2(N)CCCCCC2)n1. The van der Waals surface area contributed by atoms with Gasteiger partial charge in [-0.15, -0.1) is 0 Å². The van der Waals surface area contributed by atoms with Crippen molar-refractivity contribution in [2.24, 2.45) is 5.73 Å². The van der Waals surface area contributed by atoms with E-state index in [1.54, 1.807) is 0 Å². The Morgan fingerprint density at radius 3 is 2.47 bits per heavy atom. The van der Waals surface area contributed by atoms with Gasteiger partial charge in [0.1, 0.15) is 0 Å². The quantitative estimate of drug-likeness (QED) is 0.811. The van der Waals surface area contributed by atoms with E-state index in [1.807, 2.05) is 19.0 Å². The summed E-state index contributed by atoms with van der Waals surface area (Å²) in [6.07, 6.45) is 6.74. The van der Waals surface area contributed by atoms with Crippen molar-refractivity contribution >= 4 is 0 Å². The molecule has 17 heavy (non-hydrogen) atoms. The largest absolute Gasteiger partial charge is 0.337 e. The van der Waals surface area contributed by atoms with Crippen molar-refractivity contribution in [3.8, 4) is 0 Å². The Balaban J connectivity index is 2.11. The monoisotopic (exact) mass is 238 g/mol. The summed E-state index contributed by atoms with van der Waals surface area (Å²) in [4.78, 5) is 6.46. The molecule has 5 heteroatoms. The molecule has 1 aromatic rings. The van der Waals surface area contributed by atoms with Crippen LogP contribution >= 0.6 is 0 Å². The molecule has 0 saturated heterocycles. The predicted octanol–water partition coefficient (Wildman–Crippen LogP) is 1.64. The summed E-state index contributed by atoms with van der Waals surface area (Å²) in [6, 6.07) is 0. The van der Waals surface area contributed by atoms with E-state index in [-0.39, 0.29) is 0 Å². The van der Waals surface area contributed by atoms with Crippen LogP contribution in [0.4, 0.5) is 0 Å². The molecule has 1 aromatic heterocycles. The van der Waals surface area contributed by atoms with Crippen molar-refractivity contribution in [1.82, 2.24) is 15.0 Å². The highest BCUT2D eigenvalue weighted by atomic mass is 16.5. The second-order valence-electron chi connectivity index (χ2n) is 5.32. The summed E-state index contributed by atoms with van der Waals surface area (Å²) in [5.41, 5.74) is 6.02. The molecule has 0 spiro atoms. The van der Waals surface area contributed by atoms with E-state index in [9.17, 15) is 0 Å². The molecule has 1 fully saturated rings. The van der Waals surface area contributed by atoms with Gasteiger partial charge in [0.15, 0.2) is 5.82 Å². The molecular formula is C12H22N4O. The van der Waals surface area contributed by atoms with Crippen LogP contribution in [0, 0.1) is 0 Å². The predicted molar refractivity (Wildman–Crippen MR) is 65.3 cm³/mol. The van der Waals surface area contributed by atoms with E-state index >= 15 is 0 Å². The molecule has 1 aliphatic rings. The smallest absolute Gasteiger partial charge is 0.246 e. The van der Waals surface area contributed by atoms with Crippen molar-refractivity contribution in [2.45, 2.75) is 50.6 Å². The Bertz CT molecular complexity index is 353. The summed E-state index contributed by atoms with van der Waals surface area (Å²) in [7, 11) is 3.97. The third kappa shape index (κ3) is 3.04. The van der Waals surface area contributed by atoms with Gasteiger partial charge in [0.25, 0.3) is 0 Å². The number of aromatic nitrogens is 2. The maximum Gasteiger partial charge on any atom is 0.246 e. The maximum atomic E-state index is 6.41. The fourth-order valence-corrected chi connectivity index (χ4v) is 2.38. The summed E-state index contributed by atoms with van der Waals surface area (Å²) < 4.78 is 5.35. The molecule has 96 valence electrons. The van der Waals surface area contributed by atoms with Crippen LogP contribution in [0.25, 0.3) is 0 Å². The third-order valence-corrected chi connectivity index (χ3v) is 3.35. The molecule has 0 amide bonds. The molecule has 1 aliphatic carbocycles. The summed E-state index contributed by atoms with van der Waals surface area (Å²) in [6.45, 7) is 0.694. The van der Waals surface area contributed by atoms with Gasteiger partial charge >= 0.3 is 0 Å². The summed E-state index contributed by atoms with van der Waals surface area (Å²) in [5, 5.41) is 4.00. The molecule has 0 aliphatic heterocycles. The minimum absolute atomic E-state index is 0.395. The maximum absolute atomic E-state index is 6.41. The fourth-order valence-electron chi connectivity index (χ4n) is 2.38. The highest BCUT2D eigenvalue weighted by Gasteiger charge is 2.34. The van der Waals surface area contributed by atoms with E-state index in [2.05, 4.69) is 10.1 Å². The van der Waals surface area contributed by atoms with Crippen molar-refractivity contribution in [2.75, 3.05) is 14.1 Å². The second kappa shape index (κ2) is 5.14. The van der Waals surface area contributed by atoms with Crippen molar-refractivity contribution in [3.05, 3.63) is 11.7 Å². The minimum Gasteiger partial charge on any atom is -0.337 e. The van der Waals surface area contributed by atoms with Gasteiger partial charge < -0.3 is 15.2 Å². The second-order valence-corrected chi connectivity index (χ2v) is 5.32. The third-order valence-electron chi connectivity index (χ3n) is 3.35. The Morgan fingerprint density at radius 2 is 1.88 bits per heavy atom. The molecular weight excluding hydrogens is 216 g/mol. The van der Waals surface area contributed by atoms with Gasteiger partial charge in [0, 0.05) is 0 Å². The lowest BCUT2D eigenvalue weighted by Crippen LogP contribution is -2.36. The molecule has 5 nitrogen and oxygen atoms in total. The van der Waals surface area contributed by atoms with Gasteiger partial charge in [-0.2, -0.15) is 4.98 Å². The number of hydrogen-bond donors (Lipinski definition) is 1. The first kappa shape index (κ1) is 12.5. The Hall–Kier alpha value is -0.940. The lowest BCUT2D eigenvalue weighted by atomic mass is 9.91. The van der Waals surface area contributed by atoms with Crippen LogP contribution in [-0.2, 0) is 12.1 Å². The lowest BCUT2D eigenvalue weighted by molar-refractivity contribution is 0.255. The first-order valence-electron chi connectivity index (χ1n) is 6.37. The molecule has 1 heterocycles. The lowest BCUT2D eigenvalue weighted by Gasteiger charge is -2.22. The first-order valence-corrected chi connectivity index (χ1v) is 6.37. The molecule has 0 radical (unpaired) electrons. The molecule has 0 unspecified atom stereocenters. The average Bonchev–Trinajstić information content (AvgIpc) is 2.60. The van der Waals surface area contributed by atoms with E-state index in [0.717, 1.165) is 31.5 Å². The van der Waals surface area contributed by atoms with Crippen LogP contribution in [0.1, 0.15) is 50.2 Å². The number of hydrogen-bond acceptors (Lipinski definition) is 5. The van der Waals surface area contributed by atoms with Crippen LogP contribution < -0.4 is 5.73 Å². The van der Waals surface area contributed by atoms with E-state index in [0.29, 0.717) is 12.4 Å². The van der Waals surface area contributed by atoms with Crippen molar-refractivity contribution < 1.29 is 4.52 Å². The normalized spacial score (nSPS) is 20.5. The Morgan fingerprint density at radius 1 is 1.24 bits per heavy atom. The topological polar surface area (TPSA) is 68.2 Å². The molecule has 2 N–H and O–H groups in total.